The lowest BCUT2D eigenvalue weighted by atomic mass is 10.00. The molecule has 5 nitrogen and oxygen atoms in total. The van der Waals surface area contributed by atoms with Crippen LogP contribution in [0.2, 0.25) is 5.02 Å². The molecule has 0 bridgehead atoms. The van der Waals surface area contributed by atoms with Gasteiger partial charge in [0.05, 0.1) is 12.1 Å². The highest BCUT2D eigenvalue weighted by molar-refractivity contribution is 6.30. The third-order valence-corrected chi connectivity index (χ3v) is 4.67. The molecule has 2 aromatic carbocycles. The molecule has 3 N–H and O–H groups in total. The van der Waals surface area contributed by atoms with Crippen LogP contribution in [0, 0.1) is 0 Å². The predicted molar refractivity (Wildman–Crippen MR) is 92.5 cm³/mol. The second-order valence-corrected chi connectivity index (χ2v) is 6.49. The van der Waals surface area contributed by atoms with Crippen LogP contribution in [0.15, 0.2) is 42.5 Å². The van der Waals surface area contributed by atoms with Gasteiger partial charge in [-0.3, -0.25) is 9.69 Å². The van der Waals surface area contributed by atoms with Crippen molar-refractivity contribution in [3.05, 3.63) is 58.6 Å². The van der Waals surface area contributed by atoms with Crippen LogP contribution in [0.25, 0.3) is 0 Å². The summed E-state index contributed by atoms with van der Waals surface area (Å²) in [5, 5.41) is 22.6. The van der Waals surface area contributed by atoms with Crippen molar-refractivity contribution < 1.29 is 15.0 Å². The fourth-order valence-corrected chi connectivity index (χ4v) is 3.29. The highest BCUT2D eigenvalue weighted by atomic mass is 35.5. The minimum atomic E-state index is -0.305. The minimum absolute atomic E-state index is 0.0420. The van der Waals surface area contributed by atoms with E-state index in [9.17, 15) is 15.0 Å². The zero-order valence-electron chi connectivity index (χ0n) is 13.2. The molecule has 2 aromatic rings. The van der Waals surface area contributed by atoms with Gasteiger partial charge in [0.15, 0.2) is 11.5 Å². The maximum atomic E-state index is 12.5. The third kappa shape index (κ3) is 3.32. The number of amides is 1. The molecule has 0 aliphatic carbocycles. The Hall–Kier alpha value is -2.24. The molecule has 2 atom stereocenters. The van der Waals surface area contributed by atoms with Crippen LogP contribution >= 0.6 is 11.6 Å². The van der Waals surface area contributed by atoms with Gasteiger partial charge in [-0.1, -0.05) is 23.7 Å². The topological polar surface area (TPSA) is 72.8 Å². The molecule has 3 rings (SSSR count). The number of hydrogen-bond acceptors (Lipinski definition) is 4. The molecule has 6 heteroatoms. The summed E-state index contributed by atoms with van der Waals surface area (Å²) in [5.41, 5.74) is 1.41. The van der Waals surface area contributed by atoms with Crippen LogP contribution in [0.5, 0.6) is 11.5 Å². The Morgan fingerprint density at radius 2 is 1.88 bits per heavy atom. The number of likely N-dealkylation sites (N-methyl/N-ethyl adjacent to an activating group) is 1. The molecule has 0 radical (unpaired) electrons. The highest BCUT2D eigenvalue weighted by Gasteiger charge is 2.34. The van der Waals surface area contributed by atoms with E-state index in [0.717, 1.165) is 18.5 Å². The number of aromatic hydroxyl groups is 2. The van der Waals surface area contributed by atoms with E-state index in [1.807, 2.05) is 31.3 Å². The number of likely N-dealkylation sites (tertiary alicyclic amines) is 1. The molecule has 126 valence electrons. The van der Waals surface area contributed by atoms with E-state index in [4.69, 9.17) is 11.6 Å². The Morgan fingerprint density at radius 3 is 2.54 bits per heavy atom. The number of hydrogen-bond donors (Lipinski definition) is 3. The first-order valence-corrected chi connectivity index (χ1v) is 8.12. The summed E-state index contributed by atoms with van der Waals surface area (Å²) >= 11 is 5.96. The average Bonchev–Trinajstić information content (AvgIpc) is 2.91. The van der Waals surface area contributed by atoms with E-state index in [0.29, 0.717) is 10.6 Å². The first-order chi connectivity index (χ1) is 11.5. The fraction of sp³-hybridized carbons (Fsp3) is 0.278. The molecule has 1 heterocycles. The number of phenolic OH excluding ortho intramolecular Hbond substituents is 2. The van der Waals surface area contributed by atoms with Crippen LogP contribution in [-0.4, -0.2) is 40.7 Å². The highest BCUT2D eigenvalue weighted by Crippen LogP contribution is 2.32. The van der Waals surface area contributed by atoms with Crippen LogP contribution in [-0.2, 0) is 0 Å². The van der Waals surface area contributed by atoms with Gasteiger partial charge < -0.3 is 15.5 Å². The van der Waals surface area contributed by atoms with E-state index in [1.165, 1.54) is 18.2 Å². The summed E-state index contributed by atoms with van der Waals surface area (Å²) in [6.45, 7) is 0.874. The first kappa shape index (κ1) is 16.6. The maximum Gasteiger partial charge on any atom is 0.251 e. The van der Waals surface area contributed by atoms with Crippen molar-refractivity contribution in [1.29, 1.82) is 0 Å². The number of carbonyl (C=O) groups excluding carboxylic acids is 1. The Morgan fingerprint density at radius 1 is 1.17 bits per heavy atom. The standard InChI is InChI=1S/C18H19ClN2O3/c1-21-9-8-14(17(21)11-2-5-13(19)6-3-11)20-18(24)12-4-7-15(22)16(23)10-12/h2-7,10,14,17,22-23H,8-9H2,1H3,(H,20,24)/t14-,17+/m1/s1. The van der Waals surface area contributed by atoms with Gasteiger partial charge in [0, 0.05) is 17.1 Å². The molecule has 1 amide bonds. The van der Waals surface area contributed by atoms with Gasteiger partial charge in [-0.05, 0) is 49.4 Å². The number of nitrogens with zero attached hydrogens (tertiary/aromatic N) is 1. The minimum Gasteiger partial charge on any atom is -0.504 e. The molecule has 24 heavy (non-hydrogen) atoms. The molecular weight excluding hydrogens is 328 g/mol. The average molecular weight is 347 g/mol. The lowest BCUT2D eigenvalue weighted by Gasteiger charge is -2.26. The van der Waals surface area contributed by atoms with Crippen LogP contribution < -0.4 is 5.32 Å². The number of rotatable bonds is 3. The van der Waals surface area contributed by atoms with Crippen molar-refractivity contribution in [3.63, 3.8) is 0 Å². The van der Waals surface area contributed by atoms with Crippen molar-refractivity contribution >= 4 is 17.5 Å². The third-order valence-electron chi connectivity index (χ3n) is 4.41. The lowest BCUT2D eigenvalue weighted by Crippen LogP contribution is -2.38. The predicted octanol–water partition coefficient (Wildman–Crippen LogP) is 2.93. The molecule has 1 aliphatic heterocycles. The SMILES string of the molecule is CN1CC[C@@H](NC(=O)c2ccc(O)c(O)c2)[C@@H]1c1ccc(Cl)cc1. The van der Waals surface area contributed by atoms with Crippen molar-refractivity contribution in [2.75, 3.05) is 13.6 Å². The Kier molecular flexibility index (Phi) is 4.64. The van der Waals surface area contributed by atoms with Gasteiger partial charge in [-0.2, -0.15) is 0 Å². The van der Waals surface area contributed by atoms with Gasteiger partial charge in [0.2, 0.25) is 0 Å². The zero-order chi connectivity index (χ0) is 17.3. The fourth-order valence-electron chi connectivity index (χ4n) is 3.16. The Labute approximate surface area is 145 Å². The molecule has 0 aromatic heterocycles. The van der Waals surface area contributed by atoms with E-state index >= 15 is 0 Å². The monoisotopic (exact) mass is 346 g/mol. The second kappa shape index (κ2) is 6.71. The quantitative estimate of drug-likeness (QED) is 0.747. The molecule has 1 fully saturated rings. The van der Waals surface area contributed by atoms with Crippen molar-refractivity contribution in [3.8, 4) is 11.5 Å². The summed E-state index contributed by atoms with van der Waals surface area (Å²) in [6.07, 6.45) is 0.833. The number of carbonyl (C=O) groups is 1. The van der Waals surface area contributed by atoms with Crippen molar-refractivity contribution in [2.24, 2.45) is 0 Å². The van der Waals surface area contributed by atoms with Crippen molar-refractivity contribution in [2.45, 2.75) is 18.5 Å². The van der Waals surface area contributed by atoms with E-state index in [2.05, 4.69) is 10.2 Å². The van der Waals surface area contributed by atoms with E-state index in [1.54, 1.807) is 0 Å². The number of halogens is 1. The summed E-state index contributed by atoms with van der Waals surface area (Å²) < 4.78 is 0. The van der Waals surface area contributed by atoms with Crippen molar-refractivity contribution in [1.82, 2.24) is 10.2 Å². The van der Waals surface area contributed by atoms with Gasteiger partial charge >= 0.3 is 0 Å². The zero-order valence-corrected chi connectivity index (χ0v) is 14.0. The lowest BCUT2D eigenvalue weighted by molar-refractivity contribution is 0.0927. The second-order valence-electron chi connectivity index (χ2n) is 6.05. The van der Waals surface area contributed by atoms with E-state index < -0.39 is 0 Å². The Bertz CT molecular complexity index is 748. The van der Waals surface area contributed by atoms with Crippen LogP contribution in [0.3, 0.4) is 0 Å². The van der Waals surface area contributed by atoms with Gasteiger partial charge in [0.1, 0.15) is 0 Å². The van der Waals surface area contributed by atoms with E-state index in [-0.39, 0.29) is 29.5 Å². The summed E-state index contributed by atoms with van der Waals surface area (Å²) in [4.78, 5) is 14.7. The Balaban J connectivity index is 1.78. The smallest absolute Gasteiger partial charge is 0.251 e. The van der Waals surface area contributed by atoms with Gasteiger partial charge in [-0.25, -0.2) is 0 Å². The number of benzene rings is 2. The molecule has 0 spiro atoms. The van der Waals surface area contributed by atoms with Gasteiger partial charge in [0.25, 0.3) is 5.91 Å². The summed E-state index contributed by atoms with van der Waals surface area (Å²) in [7, 11) is 2.03. The van der Waals surface area contributed by atoms with Crippen LogP contribution in [0.4, 0.5) is 0 Å². The van der Waals surface area contributed by atoms with Crippen LogP contribution in [0.1, 0.15) is 28.4 Å². The normalized spacial score (nSPS) is 20.9. The summed E-state index contributed by atoms with van der Waals surface area (Å²) in [6, 6.07) is 11.7. The first-order valence-electron chi connectivity index (χ1n) is 7.74. The summed E-state index contributed by atoms with van der Waals surface area (Å²) in [5.74, 6) is -0.823. The molecule has 0 saturated carbocycles. The maximum absolute atomic E-state index is 12.5. The molecular formula is C18H19ClN2O3. The number of nitrogens with one attached hydrogen (secondary N) is 1. The number of phenols is 2. The molecule has 1 aliphatic rings. The van der Waals surface area contributed by atoms with Gasteiger partial charge in [-0.15, -0.1) is 0 Å². The molecule has 0 unspecified atom stereocenters. The largest absolute Gasteiger partial charge is 0.504 e. The molecule has 1 saturated heterocycles.